The number of nitrogens with zero attached hydrogens (tertiary/aromatic N) is 1. The predicted molar refractivity (Wildman–Crippen MR) is 77.7 cm³/mol. The Morgan fingerprint density at radius 1 is 1.43 bits per heavy atom. The molecule has 7 nitrogen and oxygen atoms in total. The van der Waals surface area contributed by atoms with E-state index in [1.807, 2.05) is 6.92 Å². The second-order valence-electron chi connectivity index (χ2n) is 5.05. The minimum atomic E-state index is -0.708. The number of nitrogens with two attached hydrogens (primary N) is 1. The van der Waals surface area contributed by atoms with Crippen LogP contribution in [-0.2, 0) is 9.53 Å². The number of rotatable bonds is 8. The molecule has 1 aromatic heterocycles. The lowest BCUT2D eigenvalue weighted by atomic mass is 10.1. The van der Waals surface area contributed by atoms with Crippen molar-refractivity contribution in [3.63, 3.8) is 0 Å². The van der Waals surface area contributed by atoms with E-state index in [0.29, 0.717) is 5.69 Å². The van der Waals surface area contributed by atoms with Crippen molar-refractivity contribution in [1.29, 1.82) is 0 Å². The van der Waals surface area contributed by atoms with Crippen molar-refractivity contribution in [2.24, 2.45) is 0 Å². The van der Waals surface area contributed by atoms with Gasteiger partial charge in [-0.15, -0.1) is 0 Å². The predicted octanol–water partition coefficient (Wildman–Crippen LogP) is 1.81. The molecule has 118 valence electrons. The molecule has 21 heavy (non-hydrogen) atoms. The highest BCUT2D eigenvalue weighted by atomic mass is 16.5. The minimum absolute atomic E-state index is 0.0603. The van der Waals surface area contributed by atoms with E-state index < -0.39 is 5.97 Å². The van der Waals surface area contributed by atoms with Crippen LogP contribution in [0.25, 0.3) is 0 Å². The van der Waals surface area contributed by atoms with Crippen molar-refractivity contribution in [2.45, 2.75) is 52.5 Å². The average molecular weight is 297 g/mol. The molecule has 1 amide bonds. The van der Waals surface area contributed by atoms with Gasteiger partial charge in [0.05, 0.1) is 5.69 Å². The molecule has 0 bridgehead atoms. The molecule has 1 rings (SSSR count). The van der Waals surface area contributed by atoms with Crippen molar-refractivity contribution in [1.82, 2.24) is 10.5 Å². The Kier molecular flexibility index (Phi) is 6.71. The van der Waals surface area contributed by atoms with Gasteiger partial charge in [0.2, 0.25) is 5.88 Å². The van der Waals surface area contributed by atoms with Crippen LogP contribution in [-0.4, -0.2) is 29.7 Å². The summed E-state index contributed by atoms with van der Waals surface area (Å²) < 4.78 is 9.57. The molecule has 0 saturated carbocycles. The quantitative estimate of drug-likeness (QED) is 0.559. The van der Waals surface area contributed by atoms with Gasteiger partial charge >= 0.3 is 5.97 Å². The normalized spacial score (nSPS) is 12.0. The molecule has 1 heterocycles. The SMILES string of the molecule is CCCCCC(C)NC(=O)COC(=O)c1c(C)noc1N. The maximum atomic E-state index is 11.8. The highest BCUT2D eigenvalue weighted by Crippen LogP contribution is 2.16. The van der Waals surface area contributed by atoms with Crippen LogP contribution in [0, 0.1) is 6.92 Å². The molecule has 3 N–H and O–H groups in total. The summed E-state index contributed by atoms with van der Waals surface area (Å²) in [6.07, 6.45) is 4.25. The molecule has 0 fully saturated rings. The second kappa shape index (κ2) is 8.28. The topological polar surface area (TPSA) is 107 Å². The standard InChI is InChI=1S/C14H23N3O4/c1-4-5-6-7-9(2)16-11(18)8-20-14(19)12-10(3)17-21-13(12)15/h9H,4-8,15H2,1-3H3,(H,16,18). The van der Waals surface area contributed by atoms with Crippen LogP contribution in [0.1, 0.15) is 55.6 Å². The first-order valence-corrected chi connectivity index (χ1v) is 7.13. The Bertz CT molecular complexity index is 465. The van der Waals surface area contributed by atoms with Crippen molar-refractivity contribution in [2.75, 3.05) is 12.3 Å². The number of hydrogen-bond acceptors (Lipinski definition) is 6. The van der Waals surface area contributed by atoms with Gasteiger partial charge in [0, 0.05) is 6.04 Å². The molecular weight excluding hydrogens is 274 g/mol. The number of nitrogen functional groups attached to an aromatic ring is 1. The van der Waals surface area contributed by atoms with E-state index in [9.17, 15) is 9.59 Å². The summed E-state index contributed by atoms with van der Waals surface area (Å²) in [5.41, 5.74) is 5.87. The molecule has 1 aromatic rings. The summed E-state index contributed by atoms with van der Waals surface area (Å²) in [5.74, 6) is -1.15. The average Bonchev–Trinajstić information content (AvgIpc) is 2.76. The molecule has 7 heteroatoms. The van der Waals surface area contributed by atoms with Crippen molar-refractivity contribution in [3.05, 3.63) is 11.3 Å². The molecule has 0 saturated heterocycles. The first-order valence-electron chi connectivity index (χ1n) is 7.13. The Hall–Kier alpha value is -2.05. The lowest BCUT2D eigenvalue weighted by Gasteiger charge is -2.13. The van der Waals surface area contributed by atoms with Gasteiger partial charge in [0.25, 0.3) is 5.91 Å². The molecule has 0 aliphatic heterocycles. The number of ether oxygens (including phenoxy) is 1. The molecular formula is C14H23N3O4. The van der Waals surface area contributed by atoms with Gasteiger partial charge in [-0.3, -0.25) is 4.79 Å². The first-order chi connectivity index (χ1) is 9.95. The first kappa shape index (κ1) is 17.0. The number of aryl methyl sites for hydroxylation is 1. The van der Waals surface area contributed by atoms with Gasteiger partial charge < -0.3 is 20.3 Å². The number of hydrogen-bond donors (Lipinski definition) is 2. The van der Waals surface area contributed by atoms with Crippen LogP contribution in [0.2, 0.25) is 0 Å². The van der Waals surface area contributed by atoms with E-state index in [4.69, 9.17) is 10.5 Å². The lowest BCUT2D eigenvalue weighted by Crippen LogP contribution is -2.35. The van der Waals surface area contributed by atoms with Crippen molar-refractivity contribution in [3.8, 4) is 0 Å². The molecule has 1 atom stereocenters. The van der Waals surface area contributed by atoms with Gasteiger partial charge in [-0.05, 0) is 20.3 Å². The highest BCUT2D eigenvalue weighted by Gasteiger charge is 2.21. The summed E-state index contributed by atoms with van der Waals surface area (Å²) >= 11 is 0. The van der Waals surface area contributed by atoms with Crippen LogP contribution < -0.4 is 11.1 Å². The van der Waals surface area contributed by atoms with E-state index in [1.54, 1.807) is 6.92 Å². The van der Waals surface area contributed by atoms with Gasteiger partial charge in [-0.2, -0.15) is 0 Å². The van der Waals surface area contributed by atoms with E-state index in [1.165, 1.54) is 0 Å². The van der Waals surface area contributed by atoms with Crippen LogP contribution in [0.3, 0.4) is 0 Å². The molecule has 0 aliphatic carbocycles. The zero-order chi connectivity index (χ0) is 15.8. The largest absolute Gasteiger partial charge is 0.452 e. The van der Waals surface area contributed by atoms with Crippen LogP contribution in [0.15, 0.2) is 4.52 Å². The fraction of sp³-hybridized carbons (Fsp3) is 0.643. The third kappa shape index (κ3) is 5.45. The smallest absolute Gasteiger partial charge is 0.346 e. The summed E-state index contributed by atoms with van der Waals surface area (Å²) in [6, 6.07) is 0.0603. The minimum Gasteiger partial charge on any atom is -0.452 e. The van der Waals surface area contributed by atoms with Crippen molar-refractivity contribution >= 4 is 17.8 Å². The van der Waals surface area contributed by atoms with E-state index >= 15 is 0 Å². The number of unbranched alkanes of at least 4 members (excludes halogenated alkanes) is 2. The zero-order valence-electron chi connectivity index (χ0n) is 12.8. The third-order valence-electron chi connectivity index (χ3n) is 3.08. The molecule has 0 spiro atoms. The Balaban J connectivity index is 2.34. The fourth-order valence-electron chi connectivity index (χ4n) is 1.93. The molecule has 0 radical (unpaired) electrons. The monoisotopic (exact) mass is 297 g/mol. The van der Waals surface area contributed by atoms with Gasteiger partial charge in [0.1, 0.15) is 5.56 Å². The number of amides is 1. The van der Waals surface area contributed by atoms with Crippen LogP contribution in [0.4, 0.5) is 5.88 Å². The lowest BCUT2D eigenvalue weighted by molar-refractivity contribution is -0.124. The summed E-state index contributed by atoms with van der Waals surface area (Å²) in [7, 11) is 0. The van der Waals surface area contributed by atoms with E-state index in [0.717, 1.165) is 25.7 Å². The van der Waals surface area contributed by atoms with Crippen LogP contribution in [0.5, 0.6) is 0 Å². The van der Waals surface area contributed by atoms with Gasteiger partial charge in [-0.25, -0.2) is 4.79 Å². The zero-order valence-corrected chi connectivity index (χ0v) is 12.8. The number of anilines is 1. The maximum absolute atomic E-state index is 11.8. The van der Waals surface area contributed by atoms with Crippen LogP contribution >= 0.6 is 0 Å². The Morgan fingerprint density at radius 2 is 2.14 bits per heavy atom. The van der Waals surface area contributed by atoms with Crippen molar-refractivity contribution < 1.29 is 18.8 Å². The highest BCUT2D eigenvalue weighted by molar-refractivity contribution is 5.96. The van der Waals surface area contributed by atoms with Gasteiger partial charge in [0.15, 0.2) is 6.61 Å². The summed E-state index contributed by atoms with van der Waals surface area (Å²) in [5, 5.41) is 6.34. The fourth-order valence-corrected chi connectivity index (χ4v) is 1.93. The molecule has 1 unspecified atom stereocenters. The summed E-state index contributed by atoms with van der Waals surface area (Å²) in [4.78, 5) is 23.4. The summed E-state index contributed by atoms with van der Waals surface area (Å²) in [6.45, 7) is 5.28. The molecule has 0 aromatic carbocycles. The second-order valence-corrected chi connectivity index (χ2v) is 5.05. The third-order valence-corrected chi connectivity index (χ3v) is 3.08. The van der Waals surface area contributed by atoms with E-state index in [2.05, 4.69) is 21.9 Å². The maximum Gasteiger partial charge on any atom is 0.346 e. The Morgan fingerprint density at radius 3 is 2.71 bits per heavy atom. The number of aromatic nitrogens is 1. The van der Waals surface area contributed by atoms with Gasteiger partial charge in [-0.1, -0.05) is 31.3 Å². The molecule has 0 aliphatic rings. The number of carbonyl (C=O) groups is 2. The number of nitrogens with one attached hydrogen (secondary N) is 1. The number of carbonyl (C=O) groups excluding carboxylic acids is 2. The number of esters is 1. The van der Waals surface area contributed by atoms with E-state index in [-0.39, 0.29) is 30.0 Å². The Labute approximate surface area is 124 Å².